The van der Waals surface area contributed by atoms with Crippen LogP contribution in [0.3, 0.4) is 0 Å². The van der Waals surface area contributed by atoms with E-state index in [1.54, 1.807) is 17.7 Å². The van der Waals surface area contributed by atoms with Gasteiger partial charge in [0.2, 0.25) is 5.91 Å². The average molecular weight is 410 g/mol. The summed E-state index contributed by atoms with van der Waals surface area (Å²) in [5.74, 6) is 1.76. The number of nitrogens with zero attached hydrogens (tertiary/aromatic N) is 4. The molecule has 6 nitrogen and oxygen atoms in total. The molecule has 0 spiro atoms. The van der Waals surface area contributed by atoms with Crippen LogP contribution >= 0.6 is 23.7 Å². The molecule has 4 rings (SSSR count). The lowest BCUT2D eigenvalue weighted by Crippen LogP contribution is -2.50. The predicted octanol–water partition coefficient (Wildman–Crippen LogP) is 2.92. The average Bonchev–Trinajstić information content (AvgIpc) is 3.16. The van der Waals surface area contributed by atoms with E-state index in [2.05, 4.69) is 38.1 Å². The maximum absolute atomic E-state index is 13.1. The van der Waals surface area contributed by atoms with Crippen molar-refractivity contribution in [2.24, 2.45) is 17.6 Å². The number of carbonyl (C=O) groups excluding carboxylic acids is 1. The number of fused-ring (bicyclic) bond motifs is 1. The van der Waals surface area contributed by atoms with Gasteiger partial charge in [0.25, 0.3) is 0 Å². The smallest absolute Gasteiger partial charge is 0.227 e. The zero-order chi connectivity index (χ0) is 18.1. The lowest BCUT2D eigenvalue weighted by Gasteiger charge is -2.39. The Morgan fingerprint density at radius 2 is 2.07 bits per heavy atom. The van der Waals surface area contributed by atoms with Gasteiger partial charge in [0.1, 0.15) is 17.0 Å². The van der Waals surface area contributed by atoms with E-state index in [1.807, 2.05) is 0 Å². The third-order valence-electron chi connectivity index (χ3n) is 5.82. The number of anilines is 1. The molecule has 0 radical (unpaired) electrons. The quantitative estimate of drug-likeness (QED) is 0.843. The number of hydrogen-bond acceptors (Lipinski definition) is 6. The first kappa shape index (κ1) is 20.3. The van der Waals surface area contributed by atoms with Gasteiger partial charge < -0.3 is 15.5 Å². The van der Waals surface area contributed by atoms with E-state index in [0.717, 1.165) is 67.9 Å². The number of amides is 1. The van der Waals surface area contributed by atoms with Crippen LogP contribution in [0.4, 0.5) is 5.82 Å². The van der Waals surface area contributed by atoms with E-state index in [4.69, 9.17) is 5.73 Å². The monoisotopic (exact) mass is 409 g/mol. The van der Waals surface area contributed by atoms with Gasteiger partial charge in [-0.05, 0) is 50.0 Å². The molecule has 8 heteroatoms. The third-order valence-corrected chi connectivity index (χ3v) is 6.64. The molecule has 3 unspecified atom stereocenters. The highest BCUT2D eigenvalue weighted by Crippen LogP contribution is 2.31. The first-order chi connectivity index (χ1) is 12.6. The Bertz CT molecular complexity index is 782. The fourth-order valence-corrected chi connectivity index (χ4v) is 5.02. The fourth-order valence-electron chi connectivity index (χ4n) is 4.30. The summed E-state index contributed by atoms with van der Waals surface area (Å²) in [4.78, 5) is 27.4. The van der Waals surface area contributed by atoms with Crippen LogP contribution in [0.2, 0.25) is 0 Å². The van der Waals surface area contributed by atoms with Gasteiger partial charge in [-0.3, -0.25) is 4.79 Å². The number of aromatic nitrogens is 2. The van der Waals surface area contributed by atoms with E-state index in [9.17, 15) is 4.79 Å². The molecule has 2 N–H and O–H groups in total. The maximum Gasteiger partial charge on any atom is 0.227 e. The summed E-state index contributed by atoms with van der Waals surface area (Å²) in [5, 5.41) is 3.15. The molecule has 0 saturated carbocycles. The molecule has 0 aromatic carbocycles. The third kappa shape index (κ3) is 4.20. The van der Waals surface area contributed by atoms with Crippen LogP contribution in [0.5, 0.6) is 0 Å². The van der Waals surface area contributed by atoms with Crippen molar-refractivity contribution in [3.05, 3.63) is 17.8 Å². The van der Waals surface area contributed by atoms with Gasteiger partial charge in [-0.2, -0.15) is 0 Å². The summed E-state index contributed by atoms with van der Waals surface area (Å²) < 4.78 is 0. The Kier molecular flexibility index (Phi) is 6.55. The highest BCUT2D eigenvalue weighted by atomic mass is 35.5. The van der Waals surface area contributed by atoms with Gasteiger partial charge in [0.05, 0.1) is 11.3 Å². The van der Waals surface area contributed by atoms with Crippen molar-refractivity contribution in [2.75, 3.05) is 31.1 Å². The van der Waals surface area contributed by atoms with Gasteiger partial charge in [-0.25, -0.2) is 9.97 Å². The van der Waals surface area contributed by atoms with Gasteiger partial charge >= 0.3 is 0 Å². The predicted molar refractivity (Wildman–Crippen MR) is 113 cm³/mol. The molecule has 2 saturated heterocycles. The largest absolute Gasteiger partial charge is 0.355 e. The molecule has 3 atom stereocenters. The van der Waals surface area contributed by atoms with Crippen LogP contribution < -0.4 is 10.6 Å². The molecule has 27 heavy (non-hydrogen) atoms. The lowest BCUT2D eigenvalue weighted by atomic mass is 9.90. The number of carbonyl (C=O) groups is 1. The number of piperidine rings is 2. The first-order valence-corrected chi connectivity index (χ1v) is 10.5. The molecule has 2 fully saturated rings. The second kappa shape index (κ2) is 8.71. The molecule has 1 amide bonds. The molecule has 0 aliphatic carbocycles. The molecule has 2 aliphatic heterocycles. The van der Waals surface area contributed by atoms with Crippen molar-refractivity contribution >= 4 is 45.7 Å². The van der Waals surface area contributed by atoms with Crippen molar-refractivity contribution in [2.45, 2.75) is 38.6 Å². The normalized spacial score (nSPS) is 24.5. The number of nitrogens with two attached hydrogens (primary N) is 1. The molecule has 2 aromatic rings. The highest BCUT2D eigenvalue weighted by molar-refractivity contribution is 7.16. The van der Waals surface area contributed by atoms with Crippen LogP contribution in [-0.4, -0.2) is 53.0 Å². The highest BCUT2D eigenvalue weighted by Gasteiger charge is 2.33. The molecule has 0 bridgehead atoms. The first-order valence-electron chi connectivity index (χ1n) is 9.61. The standard InChI is InChI=1S/C19H27N5OS.ClH/c1-13(20)14-4-2-8-24(10-14)19(25)15-5-3-7-23(11-15)17-16-6-9-26-18(16)22-12-21-17;/h6,9,12-15H,2-5,7-8,10-11,20H2,1H3;1H. The zero-order valence-electron chi connectivity index (χ0n) is 15.7. The maximum atomic E-state index is 13.1. The SMILES string of the molecule is CC(N)C1CCCN(C(=O)C2CCCN(c3ncnc4sccc34)C2)C1.Cl. The summed E-state index contributed by atoms with van der Waals surface area (Å²) in [7, 11) is 0. The number of thiophene rings is 1. The van der Waals surface area contributed by atoms with E-state index in [0.29, 0.717) is 11.8 Å². The Morgan fingerprint density at radius 1 is 1.26 bits per heavy atom. The van der Waals surface area contributed by atoms with Gasteiger partial charge in [0.15, 0.2) is 0 Å². The summed E-state index contributed by atoms with van der Waals surface area (Å²) >= 11 is 1.63. The zero-order valence-corrected chi connectivity index (χ0v) is 17.3. The summed E-state index contributed by atoms with van der Waals surface area (Å²) in [5.41, 5.74) is 6.09. The van der Waals surface area contributed by atoms with Gasteiger partial charge in [-0.1, -0.05) is 0 Å². The molecular weight excluding hydrogens is 382 g/mol. The Morgan fingerprint density at radius 3 is 2.89 bits per heavy atom. The van der Waals surface area contributed by atoms with Crippen LogP contribution in [0.25, 0.3) is 10.2 Å². The number of hydrogen-bond donors (Lipinski definition) is 1. The second-order valence-electron chi connectivity index (χ2n) is 7.67. The number of likely N-dealkylation sites (tertiary alicyclic amines) is 1. The van der Waals surface area contributed by atoms with Crippen LogP contribution in [-0.2, 0) is 4.79 Å². The van der Waals surface area contributed by atoms with E-state index < -0.39 is 0 Å². The van der Waals surface area contributed by atoms with Crippen LogP contribution in [0, 0.1) is 11.8 Å². The second-order valence-corrected chi connectivity index (χ2v) is 8.56. The lowest BCUT2D eigenvalue weighted by molar-refractivity contribution is -0.137. The van der Waals surface area contributed by atoms with Crippen molar-refractivity contribution in [3.63, 3.8) is 0 Å². The summed E-state index contributed by atoms with van der Waals surface area (Å²) in [6, 6.07) is 2.24. The van der Waals surface area contributed by atoms with Crippen molar-refractivity contribution < 1.29 is 4.79 Å². The van der Waals surface area contributed by atoms with E-state index >= 15 is 0 Å². The topological polar surface area (TPSA) is 75.3 Å². The Balaban J connectivity index is 0.00000210. The molecular formula is C19H28ClN5OS. The van der Waals surface area contributed by atoms with E-state index in [-0.39, 0.29) is 24.4 Å². The minimum absolute atomic E-state index is 0. The number of halogens is 1. The van der Waals surface area contributed by atoms with E-state index in [1.165, 1.54) is 0 Å². The Hall–Kier alpha value is -1.44. The minimum Gasteiger partial charge on any atom is -0.355 e. The fraction of sp³-hybridized carbons (Fsp3) is 0.632. The summed E-state index contributed by atoms with van der Waals surface area (Å²) in [6.07, 6.45) is 5.83. The van der Waals surface area contributed by atoms with Crippen molar-refractivity contribution in [1.29, 1.82) is 0 Å². The number of rotatable bonds is 3. The van der Waals surface area contributed by atoms with Crippen LogP contribution in [0.15, 0.2) is 17.8 Å². The van der Waals surface area contributed by atoms with Crippen molar-refractivity contribution in [1.82, 2.24) is 14.9 Å². The van der Waals surface area contributed by atoms with Gasteiger partial charge in [-0.15, -0.1) is 23.7 Å². The van der Waals surface area contributed by atoms with Gasteiger partial charge in [0, 0.05) is 32.2 Å². The Labute approximate surface area is 170 Å². The van der Waals surface area contributed by atoms with Crippen LogP contribution in [0.1, 0.15) is 32.6 Å². The molecule has 4 heterocycles. The molecule has 2 aliphatic rings. The minimum atomic E-state index is 0. The molecule has 148 valence electrons. The van der Waals surface area contributed by atoms with Crippen molar-refractivity contribution in [3.8, 4) is 0 Å². The molecule has 2 aromatic heterocycles. The summed E-state index contributed by atoms with van der Waals surface area (Å²) in [6.45, 7) is 5.45.